The van der Waals surface area contributed by atoms with Crippen molar-refractivity contribution in [3.8, 4) is 0 Å². The van der Waals surface area contributed by atoms with Gasteiger partial charge in [0.2, 0.25) is 0 Å². The van der Waals surface area contributed by atoms with Crippen LogP contribution in [0.4, 0.5) is 0 Å². The molecule has 1 aliphatic carbocycles. The zero-order valence-corrected chi connectivity index (χ0v) is 10.7. The minimum absolute atomic E-state index is 0.448. The summed E-state index contributed by atoms with van der Waals surface area (Å²) in [4.78, 5) is 0. The molecule has 0 saturated heterocycles. The minimum atomic E-state index is 0.448. The molecule has 1 saturated carbocycles. The van der Waals surface area contributed by atoms with E-state index in [2.05, 4.69) is 12.2 Å². The van der Waals surface area contributed by atoms with Gasteiger partial charge in [-0.15, -0.1) is 11.6 Å². The molecule has 1 fully saturated rings. The summed E-state index contributed by atoms with van der Waals surface area (Å²) in [6, 6.07) is 0.747. The van der Waals surface area contributed by atoms with E-state index >= 15 is 0 Å². The number of thioether (sulfide) groups is 1. The maximum absolute atomic E-state index is 6.05. The summed E-state index contributed by atoms with van der Waals surface area (Å²) in [7, 11) is 0. The maximum atomic E-state index is 6.05. The Labute approximate surface area is 97.4 Å². The second kappa shape index (κ2) is 7.84. The molecule has 0 atom stereocenters. The summed E-state index contributed by atoms with van der Waals surface area (Å²) in [5.74, 6) is 2.55. The largest absolute Gasteiger partial charge is 0.314 e. The van der Waals surface area contributed by atoms with Gasteiger partial charge in [-0.3, -0.25) is 0 Å². The van der Waals surface area contributed by atoms with E-state index in [-0.39, 0.29) is 0 Å². The van der Waals surface area contributed by atoms with Crippen LogP contribution in [0.2, 0.25) is 0 Å². The molecule has 0 spiro atoms. The smallest absolute Gasteiger partial charge is 0.0337 e. The number of alkyl halides is 1. The lowest BCUT2D eigenvalue weighted by Gasteiger charge is -2.25. The molecule has 0 aromatic rings. The number of hydrogen-bond donors (Lipinski definition) is 1. The van der Waals surface area contributed by atoms with Crippen LogP contribution in [-0.2, 0) is 0 Å². The summed E-state index contributed by atoms with van der Waals surface area (Å²) in [5.41, 5.74) is 0. The van der Waals surface area contributed by atoms with Crippen LogP contribution in [0.3, 0.4) is 0 Å². The van der Waals surface area contributed by atoms with Crippen molar-refractivity contribution in [2.24, 2.45) is 0 Å². The van der Waals surface area contributed by atoms with Crippen LogP contribution in [0.25, 0.3) is 0 Å². The van der Waals surface area contributed by atoms with Crippen molar-refractivity contribution < 1.29 is 0 Å². The van der Waals surface area contributed by atoms with Gasteiger partial charge in [0.15, 0.2) is 0 Å². The van der Waals surface area contributed by atoms with Crippen molar-refractivity contribution in [2.45, 2.75) is 50.4 Å². The predicted molar refractivity (Wildman–Crippen MR) is 67.5 cm³/mol. The Kier molecular flexibility index (Phi) is 7.09. The van der Waals surface area contributed by atoms with Gasteiger partial charge in [0, 0.05) is 11.4 Å². The van der Waals surface area contributed by atoms with Crippen molar-refractivity contribution in [1.82, 2.24) is 5.32 Å². The predicted octanol–water partition coefficient (Wildman–Crippen LogP) is 3.27. The molecule has 84 valence electrons. The van der Waals surface area contributed by atoms with Crippen LogP contribution in [0.15, 0.2) is 0 Å². The van der Waals surface area contributed by atoms with E-state index in [4.69, 9.17) is 11.6 Å². The topological polar surface area (TPSA) is 12.0 Å². The fourth-order valence-corrected chi connectivity index (χ4v) is 2.77. The average Bonchev–Trinajstić information content (AvgIpc) is 2.21. The van der Waals surface area contributed by atoms with Gasteiger partial charge in [-0.2, -0.15) is 11.8 Å². The second-order valence-corrected chi connectivity index (χ2v) is 5.96. The van der Waals surface area contributed by atoms with E-state index in [9.17, 15) is 0 Å². The number of halogens is 1. The Bertz CT molecular complexity index is 135. The number of hydrogen-bond acceptors (Lipinski definition) is 2. The van der Waals surface area contributed by atoms with Crippen LogP contribution in [0.5, 0.6) is 0 Å². The van der Waals surface area contributed by atoms with Crippen LogP contribution in [-0.4, -0.2) is 29.5 Å². The van der Waals surface area contributed by atoms with Gasteiger partial charge < -0.3 is 5.32 Å². The van der Waals surface area contributed by atoms with Gasteiger partial charge in [0.25, 0.3) is 0 Å². The van der Waals surface area contributed by atoms with Crippen LogP contribution < -0.4 is 5.32 Å². The Hall–Kier alpha value is 0.600. The normalized spacial score (nSPS) is 27.9. The van der Waals surface area contributed by atoms with Crippen LogP contribution >= 0.6 is 23.4 Å². The highest BCUT2D eigenvalue weighted by Crippen LogP contribution is 2.22. The maximum Gasteiger partial charge on any atom is 0.0337 e. The quantitative estimate of drug-likeness (QED) is 0.560. The Morgan fingerprint density at radius 1 is 1.29 bits per heavy atom. The van der Waals surface area contributed by atoms with Crippen LogP contribution in [0, 0.1) is 0 Å². The molecule has 0 bridgehead atoms. The minimum Gasteiger partial charge on any atom is -0.314 e. The molecule has 0 heterocycles. The molecule has 1 rings (SSSR count). The molecule has 1 nitrogen and oxygen atoms in total. The first-order valence-corrected chi connectivity index (χ1v) is 7.37. The fraction of sp³-hybridized carbons (Fsp3) is 1.00. The Morgan fingerprint density at radius 2 is 2.00 bits per heavy atom. The first-order chi connectivity index (χ1) is 6.83. The highest BCUT2D eigenvalue weighted by atomic mass is 35.5. The summed E-state index contributed by atoms with van der Waals surface area (Å²) >= 11 is 8.09. The van der Waals surface area contributed by atoms with E-state index < -0.39 is 0 Å². The van der Waals surface area contributed by atoms with Gasteiger partial charge >= 0.3 is 0 Å². The summed E-state index contributed by atoms with van der Waals surface area (Å²) in [6.07, 6.45) is 6.25. The molecule has 0 aromatic carbocycles. The third-order valence-corrected chi connectivity index (χ3v) is 4.18. The van der Waals surface area contributed by atoms with Crippen molar-refractivity contribution in [2.75, 3.05) is 18.1 Å². The Morgan fingerprint density at radius 3 is 2.64 bits per heavy atom. The molecule has 0 unspecified atom stereocenters. The molecular formula is C11H22ClNS. The summed E-state index contributed by atoms with van der Waals surface area (Å²) in [6.45, 7) is 3.41. The summed E-state index contributed by atoms with van der Waals surface area (Å²) < 4.78 is 0. The number of rotatable bonds is 6. The molecule has 1 aliphatic rings. The monoisotopic (exact) mass is 235 g/mol. The fourth-order valence-electron chi connectivity index (χ4n) is 1.88. The molecular weight excluding hydrogens is 214 g/mol. The lowest BCUT2D eigenvalue weighted by Crippen LogP contribution is -2.34. The third-order valence-electron chi connectivity index (χ3n) is 2.76. The van der Waals surface area contributed by atoms with Gasteiger partial charge in [-0.1, -0.05) is 6.92 Å². The van der Waals surface area contributed by atoms with Crippen LogP contribution in [0.1, 0.15) is 39.0 Å². The third kappa shape index (κ3) is 5.47. The van der Waals surface area contributed by atoms with Gasteiger partial charge in [-0.25, -0.2) is 0 Å². The SMILES string of the molecule is CCSCCCNC1CCC(Cl)CC1. The lowest BCUT2D eigenvalue weighted by atomic mass is 9.95. The first-order valence-electron chi connectivity index (χ1n) is 5.78. The van der Waals surface area contributed by atoms with Crippen molar-refractivity contribution in [3.63, 3.8) is 0 Å². The molecule has 0 aliphatic heterocycles. The first kappa shape index (κ1) is 12.7. The standard InChI is InChI=1S/C11H22ClNS/c1-2-14-9-3-8-13-11-6-4-10(12)5-7-11/h10-11,13H,2-9H2,1H3. The lowest BCUT2D eigenvalue weighted by molar-refractivity contribution is 0.378. The van der Waals surface area contributed by atoms with E-state index in [1.807, 2.05) is 11.8 Å². The van der Waals surface area contributed by atoms with Crippen molar-refractivity contribution >= 4 is 23.4 Å². The zero-order valence-electron chi connectivity index (χ0n) is 9.10. The highest BCUT2D eigenvalue weighted by molar-refractivity contribution is 7.99. The van der Waals surface area contributed by atoms with Crippen molar-refractivity contribution in [3.05, 3.63) is 0 Å². The average molecular weight is 236 g/mol. The molecule has 0 radical (unpaired) electrons. The molecule has 0 amide bonds. The molecule has 14 heavy (non-hydrogen) atoms. The van der Waals surface area contributed by atoms with Crippen molar-refractivity contribution in [1.29, 1.82) is 0 Å². The van der Waals surface area contributed by atoms with Gasteiger partial charge in [0.05, 0.1) is 0 Å². The Balaban J connectivity index is 1.91. The van der Waals surface area contributed by atoms with E-state index in [0.29, 0.717) is 5.38 Å². The van der Waals surface area contributed by atoms with Gasteiger partial charge in [-0.05, 0) is 50.2 Å². The van der Waals surface area contributed by atoms with E-state index in [1.165, 1.54) is 50.2 Å². The summed E-state index contributed by atoms with van der Waals surface area (Å²) in [5, 5.41) is 4.08. The molecule has 0 aromatic heterocycles. The molecule has 1 N–H and O–H groups in total. The van der Waals surface area contributed by atoms with Gasteiger partial charge in [0.1, 0.15) is 0 Å². The highest BCUT2D eigenvalue weighted by Gasteiger charge is 2.18. The zero-order chi connectivity index (χ0) is 10.2. The van der Waals surface area contributed by atoms with E-state index in [1.54, 1.807) is 0 Å². The van der Waals surface area contributed by atoms with E-state index in [0.717, 1.165) is 6.04 Å². The number of nitrogens with one attached hydrogen (secondary N) is 1. The molecule has 3 heteroatoms. The second-order valence-electron chi connectivity index (χ2n) is 3.95.